The first kappa shape index (κ1) is 12.2. The molecule has 0 spiro atoms. The summed E-state index contributed by atoms with van der Waals surface area (Å²) in [5, 5.41) is 17.4. The summed E-state index contributed by atoms with van der Waals surface area (Å²) < 4.78 is 4.80. The molecule has 2 aromatic rings. The Balaban J connectivity index is 2.22. The Morgan fingerprint density at radius 1 is 1.11 bits per heavy atom. The van der Waals surface area contributed by atoms with Gasteiger partial charge >= 0.3 is 0 Å². The van der Waals surface area contributed by atoms with Gasteiger partial charge in [0.2, 0.25) is 5.90 Å². The molecule has 18 heavy (non-hydrogen) atoms. The molecular formula is C15H15NO2. The van der Waals surface area contributed by atoms with Gasteiger partial charge in [0.25, 0.3) is 0 Å². The van der Waals surface area contributed by atoms with Crippen LogP contribution >= 0.6 is 0 Å². The molecule has 0 saturated carbocycles. The molecular weight excluding hydrogens is 226 g/mol. The highest BCUT2D eigenvalue weighted by Gasteiger charge is 2.08. The van der Waals surface area contributed by atoms with E-state index in [9.17, 15) is 5.11 Å². The molecule has 2 aromatic carbocycles. The number of aromatic hydroxyl groups is 1. The van der Waals surface area contributed by atoms with Gasteiger partial charge in [-0.3, -0.25) is 5.41 Å². The maximum absolute atomic E-state index is 9.85. The predicted octanol–water partition coefficient (Wildman–Crippen LogP) is 2.95. The minimum atomic E-state index is -0.0289. The molecule has 2 N–H and O–H groups in total. The molecule has 3 nitrogen and oxygen atoms in total. The number of phenols is 1. The van der Waals surface area contributed by atoms with Crippen molar-refractivity contribution in [3.8, 4) is 5.75 Å². The molecule has 2 rings (SSSR count). The number of hydrogen-bond donors (Lipinski definition) is 2. The third-order valence-corrected chi connectivity index (χ3v) is 2.76. The SMILES string of the molecule is COC(=N)c1ccc(Cc2ccccc2)cc1O. The van der Waals surface area contributed by atoms with Crippen molar-refractivity contribution in [3.63, 3.8) is 0 Å². The maximum Gasteiger partial charge on any atom is 0.216 e. The van der Waals surface area contributed by atoms with Crippen LogP contribution in [-0.4, -0.2) is 18.1 Å². The van der Waals surface area contributed by atoms with Crippen LogP contribution in [0.1, 0.15) is 16.7 Å². The average Bonchev–Trinajstić information content (AvgIpc) is 2.39. The summed E-state index contributed by atoms with van der Waals surface area (Å²) in [5.41, 5.74) is 2.60. The van der Waals surface area contributed by atoms with E-state index in [2.05, 4.69) is 0 Å². The lowest BCUT2D eigenvalue weighted by atomic mass is 10.0. The molecule has 0 saturated heterocycles. The number of nitrogens with one attached hydrogen (secondary N) is 1. The zero-order chi connectivity index (χ0) is 13.0. The van der Waals surface area contributed by atoms with Gasteiger partial charge in [0.15, 0.2) is 0 Å². The van der Waals surface area contributed by atoms with Crippen LogP contribution in [0, 0.1) is 5.41 Å². The summed E-state index contributed by atoms with van der Waals surface area (Å²) in [7, 11) is 1.42. The first-order valence-corrected chi connectivity index (χ1v) is 5.69. The van der Waals surface area contributed by atoms with E-state index in [0.717, 1.165) is 12.0 Å². The maximum atomic E-state index is 9.85. The Morgan fingerprint density at radius 3 is 2.44 bits per heavy atom. The van der Waals surface area contributed by atoms with Crippen molar-refractivity contribution in [2.45, 2.75) is 6.42 Å². The van der Waals surface area contributed by atoms with Gasteiger partial charge < -0.3 is 9.84 Å². The van der Waals surface area contributed by atoms with E-state index in [1.165, 1.54) is 12.7 Å². The van der Waals surface area contributed by atoms with Crippen LogP contribution in [0.2, 0.25) is 0 Å². The third-order valence-electron chi connectivity index (χ3n) is 2.76. The number of phenolic OH excluding ortho intramolecular Hbond substituents is 1. The number of hydrogen-bond acceptors (Lipinski definition) is 3. The molecule has 0 aliphatic rings. The van der Waals surface area contributed by atoms with Gasteiger partial charge in [-0.15, -0.1) is 0 Å². The molecule has 3 heteroatoms. The van der Waals surface area contributed by atoms with Gasteiger partial charge in [0.05, 0.1) is 12.7 Å². The smallest absolute Gasteiger partial charge is 0.216 e. The van der Waals surface area contributed by atoms with Gasteiger partial charge in [-0.25, -0.2) is 0 Å². The van der Waals surface area contributed by atoms with Gasteiger partial charge in [-0.05, 0) is 29.7 Å². The highest BCUT2D eigenvalue weighted by atomic mass is 16.5. The van der Waals surface area contributed by atoms with Gasteiger partial charge in [0.1, 0.15) is 5.75 Å². The summed E-state index contributed by atoms with van der Waals surface area (Å²) in [5.74, 6) is 0.0500. The van der Waals surface area contributed by atoms with Gasteiger partial charge in [-0.1, -0.05) is 36.4 Å². The Hall–Kier alpha value is -2.29. The van der Waals surface area contributed by atoms with E-state index in [1.54, 1.807) is 12.1 Å². The Kier molecular flexibility index (Phi) is 3.63. The number of benzene rings is 2. The second-order valence-corrected chi connectivity index (χ2v) is 4.05. The van der Waals surface area contributed by atoms with Crippen LogP contribution in [0.3, 0.4) is 0 Å². The van der Waals surface area contributed by atoms with Crippen molar-refractivity contribution < 1.29 is 9.84 Å². The quantitative estimate of drug-likeness (QED) is 0.641. The summed E-state index contributed by atoms with van der Waals surface area (Å²) in [6.45, 7) is 0. The van der Waals surface area contributed by atoms with E-state index in [-0.39, 0.29) is 11.6 Å². The van der Waals surface area contributed by atoms with Crippen molar-refractivity contribution in [1.29, 1.82) is 5.41 Å². The second-order valence-electron chi connectivity index (χ2n) is 4.05. The summed E-state index contributed by atoms with van der Waals surface area (Å²) >= 11 is 0. The molecule has 0 aliphatic carbocycles. The highest BCUT2D eigenvalue weighted by Crippen LogP contribution is 2.21. The van der Waals surface area contributed by atoms with Crippen LogP contribution < -0.4 is 0 Å². The lowest BCUT2D eigenvalue weighted by Gasteiger charge is -2.07. The van der Waals surface area contributed by atoms with Crippen molar-refractivity contribution >= 4 is 5.90 Å². The summed E-state index contributed by atoms with van der Waals surface area (Å²) in [6.07, 6.45) is 0.759. The Labute approximate surface area is 106 Å². The first-order valence-electron chi connectivity index (χ1n) is 5.69. The zero-order valence-electron chi connectivity index (χ0n) is 10.2. The Bertz CT molecular complexity index is 550. The van der Waals surface area contributed by atoms with E-state index in [4.69, 9.17) is 10.1 Å². The topological polar surface area (TPSA) is 53.3 Å². The number of rotatable bonds is 3. The molecule has 0 bridgehead atoms. The average molecular weight is 241 g/mol. The molecule has 0 radical (unpaired) electrons. The van der Waals surface area contributed by atoms with Crippen molar-refractivity contribution in [2.75, 3.05) is 7.11 Å². The molecule has 0 fully saturated rings. The zero-order valence-corrected chi connectivity index (χ0v) is 10.2. The van der Waals surface area contributed by atoms with Crippen LogP contribution in [0.25, 0.3) is 0 Å². The molecule has 0 unspecified atom stereocenters. The largest absolute Gasteiger partial charge is 0.507 e. The second kappa shape index (κ2) is 5.36. The summed E-state index contributed by atoms with van der Waals surface area (Å²) in [6, 6.07) is 15.3. The molecule has 0 amide bonds. The molecule has 0 atom stereocenters. The van der Waals surface area contributed by atoms with Crippen LogP contribution in [0.15, 0.2) is 48.5 Å². The first-order chi connectivity index (χ1) is 8.70. The van der Waals surface area contributed by atoms with Gasteiger partial charge in [-0.2, -0.15) is 0 Å². The van der Waals surface area contributed by atoms with E-state index in [1.807, 2.05) is 36.4 Å². The van der Waals surface area contributed by atoms with E-state index < -0.39 is 0 Å². The van der Waals surface area contributed by atoms with E-state index >= 15 is 0 Å². The highest BCUT2D eigenvalue weighted by molar-refractivity contribution is 5.94. The fraction of sp³-hybridized carbons (Fsp3) is 0.133. The standard InChI is InChI=1S/C15H15NO2/c1-18-15(16)13-8-7-12(10-14(13)17)9-11-5-3-2-4-6-11/h2-8,10,16-17H,9H2,1H3. The predicted molar refractivity (Wildman–Crippen MR) is 71.2 cm³/mol. The normalized spacial score (nSPS) is 10.1. The molecule has 92 valence electrons. The Morgan fingerprint density at radius 2 is 1.83 bits per heavy atom. The van der Waals surface area contributed by atoms with Gasteiger partial charge in [0, 0.05) is 0 Å². The fourth-order valence-corrected chi connectivity index (χ4v) is 1.82. The minimum Gasteiger partial charge on any atom is -0.507 e. The third kappa shape index (κ3) is 2.69. The van der Waals surface area contributed by atoms with Crippen molar-refractivity contribution in [3.05, 3.63) is 65.2 Å². The van der Waals surface area contributed by atoms with Crippen LogP contribution in [-0.2, 0) is 11.2 Å². The van der Waals surface area contributed by atoms with Crippen LogP contribution in [0.4, 0.5) is 0 Å². The monoisotopic (exact) mass is 241 g/mol. The lowest BCUT2D eigenvalue weighted by Crippen LogP contribution is -2.02. The molecule has 0 heterocycles. The summed E-state index contributed by atoms with van der Waals surface area (Å²) in [4.78, 5) is 0. The molecule has 0 aliphatic heterocycles. The van der Waals surface area contributed by atoms with Crippen molar-refractivity contribution in [1.82, 2.24) is 0 Å². The van der Waals surface area contributed by atoms with Crippen molar-refractivity contribution in [2.24, 2.45) is 0 Å². The molecule has 0 aromatic heterocycles. The minimum absolute atomic E-state index is 0.0289. The van der Waals surface area contributed by atoms with Crippen LogP contribution in [0.5, 0.6) is 5.75 Å². The lowest BCUT2D eigenvalue weighted by molar-refractivity contribution is 0.396. The number of methoxy groups -OCH3 is 1. The van der Waals surface area contributed by atoms with E-state index in [0.29, 0.717) is 5.56 Å². The fourth-order valence-electron chi connectivity index (χ4n) is 1.82. The number of ether oxygens (including phenoxy) is 1.